The highest BCUT2D eigenvalue weighted by atomic mass is 32.2. The monoisotopic (exact) mass is 251 g/mol. The van der Waals surface area contributed by atoms with Crippen LogP contribution >= 0.6 is 11.8 Å². The first-order chi connectivity index (χ1) is 8.38. The van der Waals surface area contributed by atoms with Crippen molar-refractivity contribution in [1.29, 1.82) is 0 Å². The number of thioether (sulfide) groups is 1. The van der Waals surface area contributed by atoms with E-state index < -0.39 is 0 Å². The zero-order valence-electron chi connectivity index (χ0n) is 10.1. The molecule has 3 N–H and O–H groups in total. The van der Waals surface area contributed by atoms with Crippen molar-refractivity contribution in [3.63, 3.8) is 0 Å². The van der Waals surface area contributed by atoms with E-state index in [4.69, 9.17) is 5.84 Å². The van der Waals surface area contributed by atoms with E-state index in [2.05, 4.69) is 28.2 Å². The van der Waals surface area contributed by atoms with Crippen LogP contribution in [0, 0.1) is 5.92 Å². The van der Waals surface area contributed by atoms with E-state index in [-0.39, 0.29) is 0 Å². The molecule has 1 atom stereocenters. The molecule has 1 aromatic heterocycles. The van der Waals surface area contributed by atoms with Crippen LogP contribution in [0.15, 0.2) is 24.4 Å². The van der Waals surface area contributed by atoms with Crippen molar-refractivity contribution in [2.24, 2.45) is 11.8 Å². The number of aromatic nitrogens is 1. The third-order valence-electron chi connectivity index (χ3n) is 3.38. The number of hydrogen-bond acceptors (Lipinski definition) is 4. The van der Waals surface area contributed by atoms with Crippen molar-refractivity contribution in [3.05, 3.63) is 30.1 Å². The second-order valence-corrected chi connectivity index (χ2v) is 5.90. The van der Waals surface area contributed by atoms with Crippen molar-refractivity contribution >= 4 is 11.8 Å². The number of rotatable bonds is 5. The molecule has 0 spiro atoms. The lowest BCUT2D eigenvalue weighted by atomic mass is 9.92. The molecule has 1 aliphatic heterocycles. The van der Waals surface area contributed by atoms with E-state index in [9.17, 15) is 0 Å². The quantitative estimate of drug-likeness (QED) is 0.621. The Morgan fingerprint density at radius 3 is 2.88 bits per heavy atom. The lowest BCUT2D eigenvalue weighted by Gasteiger charge is -2.25. The van der Waals surface area contributed by atoms with Crippen LogP contribution < -0.4 is 11.3 Å². The molecule has 0 radical (unpaired) electrons. The molecule has 0 aromatic carbocycles. The van der Waals surface area contributed by atoms with E-state index in [0.717, 1.165) is 18.0 Å². The SMILES string of the molecule is NNC(Cc1ccccn1)CC1CCSCC1. The van der Waals surface area contributed by atoms with Crippen LogP contribution in [0.5, 0.6) is 0 Å². The molecular weight excluding hydrogens is 230 g/mol. The number of pyridine rings is 1. The highest BCUT2D eigenvalue weighted by molar-refractivity contribution is 7.99. The van der Waals surface area contributed by atoms with E-state index in [0.29, 0.717) is 6.04 Å². The highest BCUT2D eigenvalue weighted by Gasteiger charge is 2.18. The van der Waals surface area contributed by atoms with Gasteiger partial charge in [0.25, 0.3) is 0 Å². The average Bonchev–Trinajstić information content (AvgIpc) is 2.40. The number of nitrogens with one attached hydrogen (secondary N) is 1. The summed E-state index contributed by atoms with van der Waals surface area (Å²) in [6, 6.07) is 6.42. The molecule has 94 valence electrons. The maximum atomic E-state index is 5.65. The molecule has 4 heteroatoms. The van der Waals surface area contributed by atoms with Gasteiger partial charge in [0, 0.05) is 24.4 Å². The molecule has 2 rings (SSSR count). The summed E-state index contributed by atoms with van der Waals surface area (Å²) < 4.78 is 0. The Morgan fingerprint density at radius 2 is 2.24 bits per heavy atom. The first-order valence-electron chi connectivity index (χ1n) is 6.32. The van der Waals surface area contributed by atoms with Crippen molar-refractivity contribution in [2.45, 2.75) is 31.7 Å². The van der Waals surface area contributed by atoms with Gasteiger partial charge in [-0.15, -0.1) is 0 Å². The van der Waals surface area contributed by atoms with Crippen LogP contribution in [-0.4, -0.2) is 22.5 Å². The van der Waals surface area contributed by atoms with E-state index in [1.165, 1.54) is 30.8 Å². The fourth-order valence-corrected chi connectivity index (χ4v) is 3.57. The van der Waals surface area contributed by atoms with Crippen LogP contribution in [0.3, 0.4) is 0 Å². The molecule has 1 aliphatic rings. The minimum atomic E-state index is 0.359. The Morgan fingerprint density at radius 1 is 1.41 bits per heavy atom. The Hall–Kier alpha value is -0.580. The summed E-state index contributed by atoms with van der Waals surface area (Å²) in [6.07, 6.45) is 6.63. The summed E-state index contributed by atoms with van der Waals surface area (Å²) in [5.74, 6) is 9.11. The molecule has 0 amide bonds. The van der Waals surface area contributed by atoms with Crippen LogP contribution in [0.1, 0.15) is 25.0 Å². The van der Waals surface area contributed by atoms with Gasteiger partial charge < -0.3 is 0 Å². The summed E-state index contributed by atoms with van der Waals surface area (Å²) in [7, 11) is 0. The minimum Gasteiger partial charge on any atom is -0.271 e. The normalized spacial score (nSPS) is 19.1. The predicted octanol–water partition coefficient (Wildman–Crippen LogP) is 1.99. The molecule has 1 aromatic rings. The minimum absolute atomic E-state index is 0.359. The van der Waals surface area contributed by atoms with E-state index >= 15 is 0 Å². The lowest BCUT2D eigenvalue weighted by Crippen LogP contribution is -2.39. The lowest BCUT2D eigenvalue weighted by molar-refractivity contribution is 0.364. The molecular formula is C13H21N3S. The van der Waals surface area contributed by atoms with Crippen LogP contribution in [0.4, 0.5) is 0 Å². The maximum absolute atomic E-state index is 5.65. The van der Waals surface area contributed by atoms with Gasteiger partial charge >= 0.3 is 0 Å². The second-order valence-electron chi connectivity index (χ2n) is 4.68. The zero-order chi connectivity index (χ0) is 11.9. The fourth-order valence-electron chi connectivity index (χ4n) is 2.37. The first kappa shape index (κ1) is 12.9. The molecule has 0 saturated carbocycles. The van der Waals surface area contributed by atoms with Gasteiger partial charge in [-0.05, 0) is 48.8 Å². The second kappa shape index (κ2) is 6.99. The Kier molecular flexibility index (Phi) is 5.29. The van der Waals surface area contributed by atoms with Crippen LogP contribution in [-0.2, 0) is 6.42 Å². The maximum Gasteiger partial charge on any atom is 0.0419 e. The van der Waals surface area contributed by atoms with Gasteiger partial charge in [0.1, 0.15) is 0 Å². The summed E-state index contributed by atoms with van der Waals surface area (Å²) in [5, 5.41) is 0. The molecule has 0 bridgehead atoms. The van der Waals surface area contributed by atoms with Gasteiger partial charge in [-0.25, -0.2) is 0 Å². The highest BCUT2D eigenvalue weighted by Crippen LogP contribution is 2.26. The molecule has 1 unspecified atom stereocenters. The van der Waals surface area contributed by atoms with Gasteiger partial charge in [0.05, 0.1) is 0 Å². The van der Waals surface area contributed by atoms with Crippen molar-refractivity contribution in [2.75, 3.05) is 11.5 Å². The third-order valence-corrected chi connectivity index (χ3v) is 4.42. The van der Waals surface area contributed by atoms with Crippen molar-refractivity contribution in [3.8, 4) is 0 Å². The Bertz CT molecular complexity index is 312. The fraction of sp³-hybridized carbons (Fsp3) is 0.615. The zero-order valence-corrected chi connectivity index (χ0v) is 11.0. The number of nitrogens with zero attached hydrogens (tertiary/aromatic N) is 1. The van der Waals surface area contributed by atoms with Gasteiger partial charge in [0.15, 0.2) is 0 Å². The van der Waals surface area contributed by atoms with Crippen molar-refractivity contribution < 1.29 is 0 Å². The van der Waals surface area contributed by atoms with Crippen molar-refractivity contribution in [1.82, 2.24) is 10.4 Å². The molecule has 2 heterocycles. The Balaban J connectivity index is 1.83. The topological polar surface area (TPSA) is 50.9 Å². The van der Waals surface area contributed by atoms with Crippen LogP contribution in [0.2, 0.25) is 0 Å². The first-order valence-corrected chi connectivity index (χ1v) is 7.47. The summed E-state index contributed by atoms with van der Waals surface area (Å²) in [6.45, 7) is 0. The van der Waals surface area contributed by atoms with Gasteiger partial charge in [0.2, 0.25) is 0 Å². The summed E-state index contributed by atoms with van der Waals surface area (Å²) in [5.41, 5.74) is 4.08. The molecule has 17 heavy (non-hydrogen) atoms. The average molecular weight is 251 g/mol. The predicted molar refractivity (Wildman–Crippen MR) is 73.7 cm³/mol. The molecule has 3 nitrogen and oxygen atoms in total. The van der Waals surface area contributed by atoms with E-state index in [1.807, 2.05) is 18.3 Å². The Labute approximate surface area is 108 Å². The van der Waals surface area contributed by atoms with Gasteiger partial charge in [-0.1, -0.05) is 6.07 Å². The van der Waals surface area contributed by atoms with Gasteiger partial charge in [-0.3, -0.25) is 16.3 Å². The van der Waals surface area contributed by atoms with E-state index in [1.54, 1.807) is 0 Å². The largest absolute Gasteiger partial charge is 0.271 e. The third kappa shape index (κ3) is 4.30. The summed E-state index contributed by atoms with van der Waals surface area (Å²) >= 11 is 2.07. The smallest absolute Gasteiger partial charge is 0.0419 e. The number of hydrazine groups is 1. The number of hydrogen-bond donors (Lipinski definition) is 2. The van der Waals surface area contributed by atoms with Crippen LogP contribution in [0.25, 0.3) is 0 Å². The summed E-state index contributed by atoms with van der Waals surface area (Å²) in [4.78, 5) is 4.36. The molecule has 1 saturated heterocycles. The number of nitrogens with two attached hydrogens (primary N) is 1. The van der Waals surface area contributed by atoms with Gasteiger partial charge in [-0.2, -0.15) is 11.8 Å². The molecule has 1 fully saturated rings. The standard InChI is InChI=1S/C13H21N3S/c14-16-13(9-11-4-7-17-8-5-11)10-12-3-1-2-6-15-12/h1-3,6,11,13,16H,4-5,7-10,14H2. The molecule has 0 aliphatic carbocycles.